The highest BCUT2D eigenvalue weighted by Gasteiger charge is 2.32. The number of anilines is 1. The zero-order chi connectivity index (χ0) is 24.1. The Bertz CT molecular complexity index is 1240. The average molecular weight is 457 g/mol. The smallest absolute Gasteiger partial charge is 0.338 e. The Morgan fingerprint density at radius 3 is 2.41 bits per heavy atom. The SMILES string of the molecule is CCCCNc1ccc2c3c(cccc13)C(=O)N(C/C=C/c1ccc(C(=O)OCC)cc1)C2=O. The normalized spacial score (nSPS) is 13.1. The van der Waals surface area contributed by atoms with Crippen molar-refractivity contribution in [1.29, 1.82) is 0 Å². The summed E-state index contributed by atoms with van der Waals surface area (Å²) in [5.74, 6) is -0.952. The number of carbonyl (C=O) groups is 3. The molecule has 34 heavy (non-hydrogen) atoms. The molecule has 0 unspecified atom stereocenters. The van der Waals surface area contributed by atoms with E-state index in [9.17, 15) is 14.4 Å². The number of unbranched alkanes of at least 4 members (excludes halogenated alkanes) is 1. The van der Waals surface area contributed by atoms with E-state index in [1.165, 1.54) is 4.90 Å². The number of nitrogens with one attached hydrogen (secondary N) is 1. The molecule has 174 valence electrons. The second-order valence-corrected chi connectivity index (χ2v) is 8.13. The highest BCUT2D eigenvalue weighted by Crippen LogP contribution is 2.34. The maximum absolute atomic E-state index is 13.2. The lowest BCUT2D eigenvalue weighted by molar-refractivity contribution is 0.0525. The lowest BCUT2D eigenvalue weighted by Gasteiger charge is -2.27. The molecule has 0 bridgehead atoms. The molecule has 4 rings (SSSR count). The number of nitrogens with zero attached hydrogens (tertiary/aromatic N) is 1. The number of hydrogen-bond acceptors (Lipinski definition) is 5. The molecule has 0 saturated carbocycles. The van der Waals surface area contributed by atoms with E-state index in [0.717, 1.165) is 36.0 Å². The molecule has 0 aromatic heterocycles. The topological polar surface area (TPSA) is 75.7 Å². The van der Waals surface area contributed by atoms with E-state index in [1.54, 1.807) is 49.4 Å². The van der Waals surface area contributed by atoms with Gasteiger partial charge in [0.25, 0.3) is 11.8 Å². The van der Waals surface area contributed by atoms with Gasteiger partial charge in [-0.2, -0.15) is 0 Å². The van der Waals surface area contributed by atoms with E-state index in [0.29, 0.717) is 28.7 Å². The van der Waals surface area contributed by atoms with Crippen molar-refractivity contribution in [3.8, 4) is 0 Å². The van der Waals surface area contributed by atoms with Crippen molar-refractivity contribution in [2.24, 2.45) is 0 Å². The molecule has 1 heterocycles. The fourth-order valence-corrected chi connectivity index (χ4v) is 4.10. The van der Waals surface area contributed by atoms with Gasteiger partial charge in [0.2, 0.25) is 0 Å². The first kappa shape index (κ1) is 23.2. The van der Waals surface area contributed by atoms with Crippen LogP contribution in [0.3, 0.4) is 0 Å². The van der Waals surface area contributed by atoms with Crippen LogP contribution in [0.15, 0.2) is 60.7 Å². The number of amides is 2. The van der Waals surface area contributed by atoms with Crippen LogP contribution in [0.2, 0.25) is 0 Å². The predicted molar refractivity (Wildman–Crippen MR) is 134 cm³/mol. The van der Waals surface area contributed by atoms with Gasteiger partial charge in [-0.15, -0.1) is 0 Å². The van der Waals surface area contributed by atoms with E-state index >= 15 is 0 Å². The van der Waals surface area contributed by atoms with Crippen LogP contribution >= 0.6 is 0 Å². The van der Waals surface area contributed by atoms with Crippen molar-refractivity contribution >= 4 is 40.3 Å². The van der Waals surface area contributed by atoms with Gasteiger partial charge in [0.05, 0.1) is 12.2 Å². The summed E-state index contributed by atoms with van der Waals surface area (Å²) in [7, 11) is 0. The first-order valence-electron chi connectivity index (χ1n) is 11.6. The summed E-state index contributed by atoms with van der Waals surface area (Å²) in [5.41, 5.74) is 3.36. The van der Waals surface area contributed by atoms with Crippen molar-refractivity contribution in [2.75, 3.05) is 25.0 Å². The molecule has 1 aliphatic heterocycles. The number of esters is 1. The Hall–Kier alpha value is -3.93. The van der Waals surface area contributed by atoms with E-state index in [4.69, 9.17) is 4.74 Å². The van der Waals surface area contributed by atoms with Gasteiger partial charge < -0.3 is 10.1 Å². The molecule has 0 radical (unpaired) electrons. The number of benzene rings is 3. The van der Waals surface area contributed by atoms with Crippen LogP contribution in [0.5, 0.6) is 0 Å². The molecule has 3 aromatic carbocycles. The zero-order valence-electron chi connectivity index (χ0n) is 19.5. The Balaban J connectivity index is 1.53. The van der Waals surface area contributed by atoms with E-state index < -0.39 is 0 Å². The van der Waals surface area contributed by atoms with Crippen molar-refractivity contribution in [2.45, 2.75) is 26.7 Å². The van der Waals surface area contributed by atoms with Crippen LogP contribution in [0.4, 0.5) is 5.69 Å². The predicted octanol–water partition coefficient (Wildman–Crippen LogP) is 5.54. The molecule has 0 fully saturated rings. The third-order valence-electron chi connectivity index (χ3n) is 5.86. The molecule has 0 spiro atoms. The molecule has 6 nitrogen and oxygen atoms in total. The molecular weight excluding hydrogens is 428 g/mol. The quantitative estimate of drug-likeness (QED) is 0.260. The maximum Gasteiger partial charge on any atom is 0.338 e. The second-order valence-electron chi connectivity index (χ2n) is 8.13. The Morgan fingerprint density at radius 1 is 0.971 bits per heavy atom. The summed E-state index contributed by atoms with van der Waals surface area (Å²) >= 11 is 0. The minimum absolute atomic E-state index is 0.156. The minimum Gasteiger partial charge on any atom is -0.462 e. The molecule has 0 atom stereocenters. The summed E-state index contributed by atoms with van der Waals surface area (Å²) in [4.78, 5) is 39.5. The van der Waals surface area contributed by atoms with Crippen molar-refractivity contribution in [3.05, 3.63) is 82.9 Å². The first-order chi connectivity index (χ1) is 16.5. The van der Waals surface area contributed by atoms with E-state index in [1.807, 2.05) is 24.3 Å². The van der Waals surface area contributed by atoms with Gasteiger partial charge in [-0.25, -0.2) is 4.79 Å². The zero-order valence-corrected chi connectivity index (χ0v) is 19.5. The molecule has 6 heteroatoms. The number of hydrogen-bond donors (Lipinski definition) is 1. The standard InChI is InChI=1S/C28H28N2O4/c1-3-5-17-29-24-16-15-23-25-21(24)9-6-10-22(25)26(31)30(27(23)32)18-7-8-19-11-13-20(14-12-19)28(33)34-4-2/h6-16,29H,3-5,17-18H2,1-2H3/b8-7+. The fraction of sp³-hybridized carbons (Fsp3) is 0.250. The summed E-state index contributed by atoms with van der Waals surface area (Å²) in [5, 5.41) is 5.04. The molecule has 0 aliphatic carbocycles. The Morgan fingerprint density at radius 2 is 1.71 bits per heavy atom. The van der Waals surface area contributed by atoms with Gasteiger partial charge in [0.1, 0.15) is 0 Å². The Kier molecular flexibility index (Phi) is 7.07. The monoisotopic (exact) mass is 456 g/mol. The van der Waals surface area contributed by atoms with Crippen LogP contribution < -0.4 is 5.32 Å². The van der Waals surface area contributed by atoms with Crippen LogP contribution in [-0.4, -0.2) is 42.4 Å². The van der Waals surface area contributed by atoms with Crippen LogP contribution in [0.1, 0.15) is 63.3 Å². The highest BCUT2D eigenvalue weighted by atomic mass is 16.5. The lowest BCUT2D eigenvalue weighted by Crippen LogP contribution is -2.40. The first-order valence-corrected chi connectivity index (χ1v) is 11.6. The van der Waals surface area contributed by atoms with Gasteiger partial charge >= 0.3 is 5.97 Å². The number of ether oxygens (including phenoxy) is 1. The van der Waals surface area contributed by atoms with Crippen LogP contribution in [0, 0.1) is 0 Å². The summed E-state index contributed by atoms with van der Waals surface area (Å²) in [6, 6.07) is 16.3. The number of carbonyl (C=O) groups excluding carboxylic acids is 3. The van der Waals surface area contributed by atoms with Crippen LogP contribution in [-0.2, 0) is 4.74 Å². The number of rotatable bonds is 9. The van der Waals surface area contributed by atoms with Gasteiger partial charge in [0.15, 0.2) is 0 Å². The molecule has 3 aromatic rings. The van der Waals surface area contributed by atoms with E-state index in [-0.39, 0.29) is 24.3 Å². The molecule has 0 saturated heterocycles. The highest BCUT2D eigenvalue weighted by molar-refractivity contribution is 6.26. The number of imide groups is 1. The summed E-state index contributed by atoms with van der Waals surface area (Å²) in [6.07, 6.45) is 5.74. The Labute approximate surface area is 199 Å². The third kappa shape index (κ3) is 4.57. The van der Waals surface area contributed by atoms with Gasteiger partial charge in [-0.05, 0) is 49.2 Å². The maximum atomic E-state index is 13.2. The molecular formula is C28H28N2O4. The minimum atomic E-state index is -0.362. The molecule has 1 N–H and O–H groups in total. The van der Waals surface area contributed by atoms with Crippen LogP contribution in [0.25, 0.3) is 16.8 Å². The third-order valence-corrected chi connectivity index (χ3v) is 5.86. The molecule has 1 aliphatic rings. The van der Waals surface area contributed by atoms with Gasteiger partial charge in [-0.1, -0.05) is 49.8 Å². The van der Waals surface area contributed by atoms with E-state index in [2.05, 4.69) is 12.2 Å². The largest absolute Gasteiger partial charge is 0.462 e. The second kappa shape index (κ2) is 10.3. The fourth-order valence-electron chi connectivity index (χ4n) is 4.10. The average Bonchev–Trinajstić information content (AvgIpc) is 2.85. The van der Waals surface area contributed by atoms with Gasteiger partial charge in [0, 0.05) is 40.7 Å². The summed E-state index contributed by atoms with van der Waals surface area (Å²) in [6.45, 7) is 5.23. The van der Waals surface area contributed by atoms with Crippen molar-refractivity contribution < 1.29 is 19.1 Å². The van der Waals surface area contributed by atoms with Crippen molar-refractivity contribution in [3.63, 3.8) is 0 Å². The van der Waals surface area contributed by atoms with Crippen molar-refractivity contribution in [1.82, 2.24) is 4.90 Å². The van der Waals surface area contributed by atoms with Gasteiger partial charge in [-0.3, -0.25) is 14.5 Å². The molecule has 2 amide bonds. The summed E-state index contributed by atoms with van der Waals surface area (Å²) < 4.78 is 4.99. The lowest BCUT2D eigenvalue weighted by atomic mass is 9.93.